The minimum Gasteiger partial charge on any atom is -0.213 e. The Labute approximate surface area is 218 Å². The van der Waals surface area contributed by atoms with E-state index >= 15 is 0 Å². The van der Waals surface area contributed by atoms with Crippen molar-refractivity contribution in [2.75, 3.05) is 0 Å². The van der Waals surface area contributed by atoms with Crippen LogP contribution in [0.1, 0.15) is 55.8 Å². The van der Waals surface area contributed by atoms with Crippen molar-refractivity contribution in [3.63, 3.8) is 0 Å². The molecule has 3 heteroatoms. The molecule has 0 N–H and O–H groups in total. The van der Waals surface area contributed by atoms with Crippen molar-refractivity contribution in [2.24, 2.45) is 0 Å². The third-order valence-corrected chi connectivity index (χ3v) is 8.43. The lowest BCUT2D eigenvalue weighted by Crippen LogP contribution is -2.15. The number of aromatic nitrogens is 3. The summed E-state index contributed by atoms with van der Waals surface area (Å²) < 4.78 is 0. The molecule has 1 heterocycles. The second kappa shape index (κ2) is 7.45. The number of aryl methyl sites for hydroxylation is 1. The second-order valence-electron chi connectivity index (χ2n) is 11.4. The number of rotatable bonds is 2. The van der Waals surface area contributed by atoms with E-state index in [-0.39, 0.29) is 10.8 Å². The number of fused-ring (bicyclic) bond motifs is 6. The molecule has 0 unspecified atom stereocenters. The summed E-state index contributed by atoms with van der Waals surface area (Å²) in [5, 5.41) is 0. The van der Waals surface area contributed by atoms with Crippen LogP contribution in [0.4, 0.5) is 0 Å². The van der Waals surface area contributed by atoms with Gasteiger partial charge in [0.1, 0.15) is 5.82 Å². The first-order valence-electron chi connectivity index (χ1n) is 13.0. The Kier molecular flexibility index (Phi) is 4.46. The maximum Gasteiger partial charge on any atom is 0.163 e. The summed E-state index contributed by atoms with van der Waals surface area (Å²) in [6.45, 7) is 11.2. The predicted molar refractivity (Wildman–Crippen MR) is 151 cm³/mol. The van der Waals surface area contributed by atoms with Crippen LogP contribution in [0.25, 0.3) is 45.0 Å². The van der Waals surface area contributed by atoms with Gasteiger partial charge in [0.15, 0.2) is 11.6 Å². The average molecular weight is 480 g/mol. The molecule has 180 valence electrons. The molecular weight excluding hydrogens is 450 g/mol. The highest BCUT2D eigenvalue weighted by Crippen LogP contribution is 2.50. The zero-order chi connectivity index (χ0) is 25.5. The fourth-order valence-corrected chi connectivity index (χ4v) is 6.43. The van der Waals surface area contributed by atoms with Gasteiger partial charge < -0.3 is 0 Å². The first kappa shape index (κ1) is 22.1. The highest BCUT2D eigenvalue weighted by Gasteiger charge is 2.36. The molecule has 0 spiro atoms. The SMILES string of the molecule is Cc1nc(-c2ccc3c(c2)C(C)(C)c2ccccc2-3)nc(-c2ccc3c(c2)C(C)(C)c2ccccc2-3)n1. The van der Waals surface area contributed by atoms with E-state index in [1.54, 1.807) is 0 Å². The van der Waals surface area contributed by atoms with Gasteiger partial charge in [-0.15, -0.1) is 0 Å². The Bertz CT molecular complexity index is 1620. The standard InChI is InChI=1S/C34H29N3/c1-20-35-31(21-14-16-25-23-10-6-8-12-27(23)33(2,3)29(25)18-21)37-32(36-20)22-15-17-26-24-11-7-9-13-28(24)34(4,5)30(26)19-22/h6-19H,1-5H3. The topological polar surface area (TPSA) is 38.7 Å². The lowest BCUT2D eigenvalue weighted by atomic mass is 9.82. The van der Waals surface area contributed by atoms with Crippen molar-refractivity contribution in [1.82, 2.24) is 15.0 Å². The van der Waals surface area contributed by atoms with Crippen molar-refractivity contribution in [3.8, 4) is 45.0 Å². The molecule has 0 saturated heterocycles. The molecule has 0 radical (unpaired) electrons. The van der Waals surface area contributed by atoms with Gasteiger partial charge >= 0.3 is 0 Å². The van der Waals surface area contributed by atoms with Crippen LogP contribution in [-0.2, 0) is 10.8 Å². The summed E-state index contributed by atoms with van der Waals surface area (Å²) in [7, 11) is 0. The summed E-state index contributed by atoms with van der Waals surface area (Å²) in [6, 6.07) is 30.7. The number of hydrogen-bond donors (Lipinski definition) is 0. The van der Waals surface area contributed by atoms with Gasteiger partial charge in [-0.25, -0.2) is 15.0 Å². The summed E-state index contributed by atoms with van der Waals surface area (Å²) in [6.07, 6.45) is 0. The Morgan fingerprint density at radius 1 is 0.459 bits per heavy atom. The molecule has 0 amide bonds. The minimum absolute atomic E-state index is 0.0621. The highest BCUT2D eigenvalue weighted by molar-refractivity contribution is 5.84. The highest BCUT2D eigenvalue weighted by atomic mass is 15.0. The van der Waals surface area contributed by atoms with Gasteiger partial charge in [0.2, 0.25) is 0 Å². The van der Waals surface area contributed by atoms with Gasteiger partial charge in [-0.05, 0) is 63.6 Å². The summed E-state index contributed by atoms with van der Waals surface area (Å²) in [4.78, 5) is 14.5. The lowest BCUT2D eigenvalue weighted by molar-refractivity contribution is 0.660. The van der Waals surface area contributed by atoms with Crippen LogP contribution in [0.15, 0.2) is 84.9 Å². The summed E-state index contributed by atoms with van der Waals surface area (Å²) in [5.74, 6) is 2.17. The fourth-order valence-electron chi connectivity index (χ4n) is 6.43. The van der Waals surface area contributed by atoms with Gasteiger partial charge in [-0.3, -0.25) is 0 Å². The maximum absolute atomic E-state index is 5.00. The van der Waals surface area contributed by atoms with Crippen molar-refractivity contribution >= 4 is 0 Å². The van der Waals surface area contributed by atoms with E-state index in [0.29, 0.717) is 0 Å². The van der Waals surface area contributed by atoms with Crippen LogP contribution >= 0.6 is 0 Å². The number of hydrogen-bond acceptors (Lipinski definition) is 3. The molecule has 2 aliphatic rings. The van der Waals surface area contributed by atoms with Crippen LogP contribution in [0, 0.1) is 6.92 Å². The van der Waals surface area contributed by atoms with Crippen molar-refractivity contribution in [3.05, 3.63) is 113 Å². The van der Waals surface area contributed by atoms with Crippen LogP contribution in [0.2, 0.25) is 0 Å². The molecule has 2 aliphatic carbocycles. The lowest BCUT2D eigenvalue weighted by Gasteiger charge is -2.22. The fraction of sp³-hybridized carbons (Fsp3) is 0.206. The summed E-state index contributed by atoms with van der Waals surface area (Å²) >= 11 is 0. The Morgan fingerprint density at radius 2 is 0.865 bits per heavy atom. The molecular formula is C34H29N3. The van der Waals surface area contributed by atoms with Crippen molar-refractivity contribution < 1.29 is 0 Å². The van der Waals surface area contributed by atoms with Crippen LogP contribution < -0.4 is 0 Å². The molecule has 7 rings (SSSR count). The van der Waals surface area contributed by atoms with E-state index in [2.05, 4.69) is 113 Å². The van der Waals surface area contributed by atoms with Gasteiger partial charge in [0.05, 0.1) is 0 Å². The number of benzene rings is 4. The molecule has 0 saturated carbocycles. The van der Waals surface area contributed by atoms with Crippen LogP contribution in [0.3, 0.4) is 0 Å². The van der Waals surface area contributed by atoms with Gasteiger partial charge in [0, 0.05) is 22.0 Å². The predicted octanol–water partition coefficient (Wildman–Crippen LogP) is 8.13. The Morgan fingerprint density at radius 3 is 1.32 bits per heavy atom. The maximum atomic E-state index is 5.00. The minimum atomic E-state index is -0.0621. The van der Waals surface area contributed by atoms with Crippen LogP contribution in [-0.4, -0.2) is 15.0 Å². The molecule has 5 aromatic rings. The molecule has 0 fully saturated rings. The molecule has 3 nitrogen and oxygen atoms in total. The van der Waals surface area contributed by atoms with E-state index in [9.17, 15) is 0 Å². The van der Waals surface area contributed by atoms with Gasteiger partial charge in [-0.1, -0.05) is 100 Å². The Hall–Kier alpha value is -4.11. The van der Waals surface area contributed by atoms with Crippen molar-refractivity contribution in [1.29, 1.82) is 0 Å². The normalized spacial score (nSPS) is 15.6. The third-order valence-electron chi connectivity index (χ3n) is 8.43. The van der Waals surface area contributed by atoms with E-state index in [1.807, 2.05) is 6.92 Å². The van der Waals surface area contributed by atoms with E-state index in [4.69, 9.17) is 15.0 Å². The Balaban J connectivity index is 1.33. The monoisotopic (exact) mass is 479 g/mol. The van der Waals surface area contributed by atoms with Crippen molar-refractivity contribution in [2.45, 2.75) is 45.4 Å². The molecule has 0 aliphatic heterocycles. The molecule has 4 aromatic carbocycles. The zero-order valence-corrected chi connectivity index (χ0v) is 21.9. The quantitative estimate of drug-likeness (QED) is 0.257. The first-order chi connectivity index (χ1) is 17.7. The van der Waals surface area contributed by atoms with E-state index < -0.39 is 0 Å². The van der Waals surface area contributed by atoms with Gasteiger partial charge in [-0.2, -0.15) is 0 Å². The molecule has 1 aromatic heterocycles. The smallest absolute Gasteiger partial charge is 0.163 e. The largest absolute Gasteiger partial charge is 0.213 e. The average Bonchev–Trinajstić information content (AvgIpc) is 3.28. The molecule has 0 bridgehead atoms. The molecule has 0 atom stereocenters. The van der Waals surface area contributed by atoms with Crippen LogP contribution in [0.5, 0.6) is 0 Å². The molecule has 37 heavy (non-hydrogen) atoms. The summed E-state index contributed by atoms with van der Waals surface area (Å²) in [5.41, 5.74) is 12.6. The van der Waals surface area contributed by atoms with E-state index in [0.717, 1.165) is 28.6 Å². The second-order valence-corrected chi connectivity index (χ2v) is 11.4. The first-order valence-corrected chi connectivity index (χ1v) is 13.0. The zero-order valence-electron chi connectivity index (χ0n) is 21.9. The third kappa shape index (κ3) is 3.10. The van der Waals surface area contributed by atoms with Gasteiger partial charge in [0.25, 0.3) is 0 Å². The van der Waals surface area contributed by atoms with E-state index in [1.165, 1.54) is 44.5 Å². The number of nitrogens with zero attached hydrogens (tertiary/aromatic N) is 3.